The van der Waals surface area contributed by atoms with E-state index in [1.54, 1.807) is 29.8 Å². The maximum Gasteiger partial charge on any atom is 0.267 e. The van der Waals surface area contributed by atoms with E-state index in [4.69, 9.17) is 0 Å². The lowest BCUT2D eigenvalue weighted by atomic mass is 9.82. The third kappa shape index (κ3) is 4.02. The highest BCUT2D eigenvalue weighted by molar-refractivity contribution is 7.14. The van der Waals surface area contributed by atoms with Crippen molar-refractivity contribution in [3.05, 3.63) is 51.7 Å². The number of aryl methyl sites for hydroxylation is 1. The van der Waals surface area contributed by atoms with Crippen molar-refractivity contribution in [2.24, 2.45) is 5.92 Å². The van der Waals surface area contributed by atoms with Gasteiger partial charge in [-0.05, 0) is 46.6 Å². The second-order valence-electron chi connectivity index (χ2n) is 8.06. The number of hydrogen-bond donors (Lipinski definition) is 0. The number of aromatic nitrogens is 2. The molecule has 5 nitrogen and oxygen atoms in total. The van der Waals surface area contributed by atoms with Gasteiger partial charge >= 0.3 is 0 Å². The lowest BCUT2D eigenvalue weighted by Gasteiger charge is -2.39. The fourth-order valence-corrected chi connectivity index (χ4v) is 3.94. The molecule has 1 aliphatic rings. The van der Waals surface area contributed by atoms with Crippen LogP contribution in [0, 0.1) is 18.7 Å². The molecule has 3 rings (SSSR count). The van der Waals surface area contributed by atoms with Gasteiger partial charge in [0, 0.05) is 23.2 Å². The van der Waals surface area contributed by atoms with Crippen molar-refractivity contribution in [1.82, 2.24) is 14.5 Å². The summed E-state index contributed by atoms with van der Waals surface area (Å²) in [4.78, 5) is 25.2. The Labute approximate surface area is 167 Å². The minimum atomic E-state index is -0.408. The number of carbonyl (C=O) groups excluding carboxylic acids is 1. The quantitative estimate of drug-likeness (QED) is 0.712. The van der Waals surface area contributed by atoms with Gasteiger partial charge in [0.25, 0.3) is 5.56 Å². The predicted molar refractivity (Wildman–Crippen MR) is 111 cm³/mol. The van der Waals surface area contributed by atoms with Gasteiger partial charge in [-0.25, -0.2) is 9.07 Å². The minimum Gasteiger partial charge on any atom is -0.323 e. The van der Waals surface area contributed by atoms with Crippen molar-refractivity contribution >= 4 is 15.3 Å². The highest BCUT2D eigenvalue weighted by atomic mass is 31.0. The molecule has 1 heterocycles. The Morgan fingerprint density at radius 1 is 1.36 bits per heavy atom. The molecule has 0 spiro atoms. The van der Waals surface area contributed by atoms with E-state index in [9.17, 15) is 14.0 Å². The molecule has 1 aliphatic carbocycles. The molecule has 150 valence electrons. The molecular weight excluding hydrogens is 376 g/mol. The molecule has 0 bridgehead atoms. The Morgan fingerprint density at radius 3 is 2.64 bits per heavy atom. The summed E-state index contributed by atoms with van der Waals surface area (Å²) in [6.45, 7) is 7.60. The van der Waals surface area contributed by atoms with Gasteiger partial charge in [-0.2, -0.15) is 5.10 Å². The van der Waals surface area contributed by atoms with Gasteiger partial charge in [0.15, 0.2) is 0 Å². The van der Waals surface area contributed by atoms with Crippen LogP contribution in [0.5, 0.6) is 0 Å². The van der Waals surface area contributed by atoms with Crippen molar-refractivity contribution in [2.75, 3.05) is 0 Å². The van der Waals surface area contributed by atoms with Crippen LogP contribution < -0.4 is 5.56 Å². The summed E-state index contributed by atoms with van der Waals surface area (Å²) in [5, 5.41) is 4.44. The van der Waals surface area contributed by atoms with Crippen LogP contribution in [-0.4, -0.2) is 26.4 Å². The summed E-state index contributed by atoms with van der Waals surface area (Å²) in [6.07, 6.45) is 1.95. The average Bonchev–Trinajstić information content (AvgIpc) is 2.62. The van der Waals surface area contributed by atoms with Gasteiger partial charge in [0.05, 0.1) is 5.69 Å². The molecule has 1 saturated carbocycles. The van der Waals surface area contributed by atoms with E-state index in [1.807, 2.05) is 13.8 Å². The standard InChI is InChI=1S/C21H27FN3O2P/c1-12(2)21-17(16-7-5-6-14(4)20(16)22)10-18(26)24(23-21)11-19(27)25(28)15-8-13(3)9-15/h5-7,10,12-13,15H,8-9,11,28H2,1-4H3. The maximum absolute atomic E-state index is 14.6. The van der Waals surface area contributed by atoms with E-state index in [2.05, 4.69) is 21.4 Å². The summed E-state index contributed by atoms with van der Waals surface area (Å²) in [6, 6.07) is 6.71. The largest absolute Gasteiger partial charge is 0.323 e. The summed E-state index contributed by atoms with van der Waals surface area (Å²) >= 11 is 0. The fraction of sp³-hybridized carbons (Fsp3) is 0.476. The molecule has 0 saturated heterocycles. The lowest BCUT2D eigenvalue weighted by Crippen LogP contribution is -2.43. The Hall–Kier alpha value is -2.07. The zero-order chi connectivity index (χ0) is 20.6. The molecule has 28 heavy (non-hydrogen) atoms. The zero-order valence-corrected chi connectivity index (χ0v) is 17.9. The Kier molecular flexibility index (Phi) is 5.99. The first kappa shape index (κ1) is 20.7. The molecule has 1 aromatic carbocycles. The molecule has 7 heteroatoms. The van der Waals surface area contributed by atoms with Gasteiger partial charge < -0.3 is 4.67 Å². The zero-order valence-electron chi connectivity index (χ0n) is 16.8. The van der Waals surface area contributed by atoms with Gasteiger partial charge in [0.1, 0.15) is 12.4 Å². The van der Waals surface area contributed by atoms with Gasteiger partial charge in [0.2, 0.25) is 5.91 Å². The Bertz CT molecular complexity index is 951. The third-order valence-electron chi connectivity index (χ3n) is 5.37. The number of rotatable bonds is 5. The number of benzene rings is 1. The molecular formula is C21H27FN3O2P. The molecule has 1 unspecified atom stereocenters. The minimum absolute atomic E-state index is 0.0311. The SMILES string of the molecule is Cc1cccc(-c2cc(=O)n(CC(=O)N(P)C3CC(C)C3)nc2C(C)C)c1F. The van der Waals surface area contributed by atoms with Crippen LogP contribution in [0.2, 0.25) is 0 Å². The van der Waals surface area contributed by atoms with Crippen LogP contribution >= 0.6 is 9.39 Å². The summed E-state index contributed by atoms with van der Waals surface area (Å²) < 4.78 is 17.5. The van der Waals surface area contributed by atoms with E-state index in [-0.39, 0.29) is 30.2 Å². The molecule has 0 N–H and O–H groups in total. The predicted octanol–water partition coefficient (Wildman–Crippen LogP) is 3.90. The van der Waals surface area contributed by atoms with Gasteiger partial charge in [-0.15, -0.1) is 0 Å². The van der Waals surface area contributed by atoms with E-state index in [0.717, 1.165) is 12.8 Å². The smallest absolute Gasteiger partial charge is 0.267 e. The fourth-order valence-electron chi connectivity index (χ4n) is 3.62. The topological polar surface area (TPSA) is 55.2 Å². The first-order chi connectivity index (χ1) is 13.2. The maximum atomic E-state index is 14.6. The summed E-state index contributed by atoms with van der Waals surface area (Å²) in [7, 11) is 2.47. The van der Waals surface area contributed by atoms with Crippen LogP contribution in [0.1, 0.15) is 50.8 Å². The highest BCUT2D eigenvalue weighted by Crippen LogP contribution is 2.33. The van der Waals surface area contributed by atoms with Crippen LogP contribution in [-0.2, 0) is 11.3 Å². The molecule has 0 radical (unpaired) electrons. The molecule has 1 amide bonds. The van der Waals surface area contributed by atoms with Crippen molar-refractivity contribution in [3.63, 3.8) is 0 Å². The number of halogens is 1. The van der Waals surface area contributed by atoms with Crippen LogP contribution in [0.15, 0.2) is 29.1 Å². The van der Waals surface area contributed by atoms with E-state index in [0.29, 0.717) is 28.3 Å². The number of carbonyl (C=O) groups is 1. The Morgan fingerprint density at radius 2 is 2.04 bits per heavy atom. The van der Waals surface area contributed by atoms with E-state index >= 15 is 0 Å². The van der Waals surface area contributed by atoms with Crippen molar-refractivity contribution in [1.29, 1.82) is 0 Å². The Balaban J connectivity index is 1.94. The first-order valence-electron chi connectivity index (χ1n) is 9.63. The van der Waals surface area contributed by atoms with Crippen molar-refractivity contribution in [3.8, 4) is 11.1 Å². The van der Waals surface area contributed by atoms with E-state index < -0.39 is 5.56 Å². The highest BCUT2D eigenvalue weighted by Gasteiger charge is 2.31. The summed E-state index contributed by atoms with van der Waals surface area (Å²) in [5.74, 6) is 0.0737. The molecule has 1 aromatic heterocycles. The van der Waals surface area contributed by atoms with Crippen molar-refractivity contribution < 1.29 is 9.18 Å². The average molecular weight is 403 g/mol. The monoisotopic (exact) mass is 403 g/mol. The second kappa shape index (κ2) is 8.12. The van der Waals surface area contributed by atoms with Gasteiger partial charge in [-0.3, -0.25) is 9.59 Å². The normalized spacial score (nSPS) is 18.8. The molecule has 1 atom stereocenters. The number of hydrogen-bond acceptors (Lipinski definition) is 3. The van der Waals surface area contributed by atoms with Crippen molar-refractivity contribution in [2.45, 2.75) is 59.0 Å². The third-order valence-corrected chi connectivity index (χ3v) is 6.08. The van der Waals surface area contributed by atoms with E-state index in [1.165, 1.54) is 10.7 Å². The van der Waals surface area contributed by atoms with Crippen LogP contribution in [0.25, 0.3) is 11.1 Å². The molecule has 2 aromatic rings. The van der Waals surface area contributed by atoms with Crippen LogP contribution in [0.3, 0.4) is 0 Å². The lowest BCUT2D eigenvalue weighted by molar-refractivity contribution is -0.130. The second-order valence-corrected chi connectivity index (χ2v) is 8.62. The molecule has 0 aliphatic heterocycles. The van der Waals surface area contributed by atoms with Gasteiger partial charge in [-0.1, -0.05) is 39.0 Å². The first-order valence-corrected chi connectivity index (χ1v) is 10.1. The molecule has 1 fully saturated rings. The number of nitrogens with zero attached hydrogens (tertiary/aromatic N) is 3. The summed E-state index contributed by atoms with van der Waals surface area (Å²) in [5.41, 5.74) is 1.56. The number of amides is 1. The van der Waals surface area contributed by atoms with Crippen LogP contribution in [0.4, 0.5) is 4.39 Å².